The number of nitrogens with zero attached hydrogens (tertiary/aromatic N) is 5. The fraction of sp³-hybridized carbons (Fsp3) is 0.500. The maximum atomic E-state index is 13.0. The highest BCUT2D eigenvalue weighted by molar-refractivity contribution is 5.97. The molecule has 5 rings (SSSR count). The van der Waals surface area contributed by atoms with Crippen LogP contribution in [0.2, 0.25) is 0 Å². The van der Waals surface area contributed by atoms with E-state index in [2.05, 4.69) is 73.6 Å². The first-order valence-corrected chi connectivity index (χ1v) is 15.0. The Morgan fingerprint density at radius 1 is 1.12 bits per heavy atom. The zero-order chi connectivity index (χ0) is 30.9. The van der Waals surface area contributed by atoms with Crippen LogP contribution in [0, 0.1) is 10.8 Å². The summed E-state index contributed by atoms with van der Waals surface area (Å²) in [6.07, 6.45) is 5.98. The minimum absolute atomic E-state index is 0.151. The predicted octanol–water partition coefficient (Wildman–Crippen LogP) is 4.42. The number of ether oxygens (including phenoxy) is 1. The number of hydrogen-bond acceptors (Lipinski definition) is 8. The van der Waals surface area contributed by atoms with E-state index < -0.39 is 0 Å². The first kappa shape index (κ1) is 30.5. The van der Waals surface area contributed by atoms with Gasteiger partial charge < -0.3 is 25.7 Å². The van der Waals surface area contributed by atoms with E-state index in [0.29, 0.717) is 17.6 Å². The van der Waals surface area contributed by atoms with E-state index in [1.807, 2.05) is 51.2 Å². The van der Waals surface area contributed by atoms with Crippen LogP contribution in [-0.2, 0) is 0 Å². The summed E-state index contributed by atoms with van der Waals surface area (Å²) in [5, 5.41) is 26.3. The molecule has 0 saturated carbocycles. The van der Waals surface area contributed by atoms with Gasteiger partial charge in [-0.1, -0.05) is 45.0 Å². The van der Waals surface area contributed by atoms with Gasteiger partial charge in [-0.25, -0.2) is 4.79 Å². The summed E-state index contributed by atoms with van der Waals surface area (Å²) in [6.45, 7) is 6.89. The maximum Gasteiger partial charge on any atom is 0.320 e. The number of carbonyl (C=O) groups excluding carboxylic acids is 1. The molecule has 0 unspecified atom stereocenters. The summed E-state index contributed by atoms with van der Waals surface area (Å²) in [7, 11) is 8.13. The van der Waals surface area contributed by atoms with Crippen molar-refractivity contribution in [1.82, 2.24) is 40.3 Å². The number of hydrogen-bond donors (Lipinski definition) is 4. The van der Waals surface area contributed by atoms with Crippen molar-refractivity contribution >= 4 is 17.4 Å². The van der Waals surface area contributed by atoms with Gasteiger partial charge >= 0.3 is 6.03 Å². The predicted molar refractivity (Wildman–Crippen MR) is 168 cm³/mol. The molecule has 1 aliphatic heterocycles. The van der Waals surface area contributed by atoms with Crippen LogP contribution >= 0.6 is 0 Å². The zero-order valence-electron chi connectivity index (χ0n) is 26.3. The largest absolute Gasteiger partial charge is 0.484 e. The quantitative estimate of drug-likeness (QED) is 0.288. The van der Waals surface area contributed by atoms with Crippen molar-refractivity contribution in [2.45, 2.75) is 64.3 Å². The van der Waals surface area contributed by atoms with E-state index in [4.69, 9.17) is 10.1 Å². The number of allylic oxidation sites excluding steroid dienone is 1. The highest BCUT2D eigenvalue weighted by atomic mass is 16.5. The van der Waals surface area contributed by atoms with Gasteiger partial charge in [-0.2, -0.15) is 0 Å². The fourth-order valence-corrected chi connectivity index (χ4v) is 5.87. The molecule has 43 heavy (non-hydrogen) atoms. The lowest BCUT2D eigenvalue weighted by molar-refractivity contribution is 0.171. The summed E-state index contributed by atoms with van der Waals surface area (Å²) in [5.41, 5.74) is 3.01. The Hall–Kier alpha value is -3.96. The van der Waals surface area contributed by atoms with Gasteiger partial charge in [-0.3, -0.25) is 14.6 Å². The van der Waals surface area contributed by atoms with Gasteiger partial charge in [0.1, 0.15) is 17.7 Å². The second kappa shape index (κ2) is 12.3. The third-order valence-electron chi connectivity index (χ3n) is 8.59. The average Bonchev–Trinajstić information content (AvgIpc) is 3.56. The highest BCUT2D eigenvalue weighted by Crippen LogP contribution is 2.39. The van der Waals surface area contributed by atoms with Gasteiger partial charge in [0.05, 0.1) is 18.3 Å². The SMILES string of the molecule is CN/C(=C\C(=N)C(C)(C)C)NC(=O)N[C@H]1CC[C@@H](Oc2ccc3nnc([C@@H]4C[C@H](N(C)C)CN4C)n3c2)c2ccccc21. The molecule has 3 heterocycles. The molecule has 4 atom stereocenters. The number of urea groups is 1. The Morgan fingerprint density at radius 3 is 2.53 bits per heavy atom. The lowest BCUT2D eigenvalue weighted by Crippen LogP contribution is -2.42. The summed E-state index contributed by atoms with van der Waals surface area (Å²) >= 11 is 0. The molecule has 2 aromatic heterocycles. The molecule has 230 valence electrons. The van der Waals surface area contributed by atoms with Crippen molar-refractivity contribution in [3.63, 3.8) is 0 Å². The molecule has 1 fully saturated rings. The topological polar surface area (TPSA) is 123 Å². The number of amides is 2. The van der Waals surface area contributed by atoms with Crippen molar-refractivity contribution in [3.05, 3.63) is 71.4 Å². The van der Waals surface area contributed by atoms with Crippen LogP contribution < -0.4 is 20.7 Å². The minimum atomic E-state index is -0.319. The van der Waals surface area contributed by atoms with E-state index in [-0.39, 0.29) is 29.6 Å². The molecule has 2 amide bonds. The zero-order valence-corrected chi connectivity index (χ0v) is 26.3. The van der Waals surface area contributed by atoms with Crippen molar-refractivity contribution in [1.29, 1.82) is 5.41 Å². The molecule has 1 saturated heterocycles. The Balaban J connectivity index is 1.30. The van der Waals surface area contributed by atoms with Crippen molar-refractivity contribution < 1.29 is 9.53 Å². The number of pyridine rings is 1. The van der Waals surface area contributed by atoms with Gasteiger partial charge in [0.15, 0.2) is 11.5 Å². The highest BCUT2D eigenvalue weighted by Gasteiger charge is 2.35. The third-order valence-corrected chi connectivity index (χ3v) is 8.59. The van der Waals surface area contributed by atoms with Crippen molar-refractivity contribution in [2.75, 3.05) is 34.7 Å². The molecular formula is C32H45N9O2. The van der Waals surface area contributed by atoms with Gasteiger partial charge in [0, 0.05) is 30.8 Å². The second-order valence-corrected chi connectivity index (χ2v) is 12.9. The molecule has 1 aromatic carbocycles. The summed E-state index contributed by atoms with van der Waals surface area (Å²) in [4.78, 5) is 17.6. The Kier molecular flexibility index (Phi) is 8.75. The molecule has 11 heteroatoms. The molecule has 0 bridgehead atoms. The number of nitrogens with one attached hydrogen (secondary N) is 4. The van der Waals surface area contributed by atoms with Gasteiger partial charge in [0.25, 0.3) is 0 Å². The monoisotopic (exact) mass is 587 g/mol. The molecule has 0 spiro atoms. The van der Waals surface area contributed by atoms with Gasteiger partial charge in [0.2, 0.25) is 0 Å². The molecule has 0 radical (unpaired) electrons. The number of likely N-dealkylation sites (N-methyl/N-ethyl adjacent to an activating group) is 2. The fourth-order valence-electron chi connectivity index (χ4n) is 5.87. The third kappa shape index (κ3) is 6.67. The van der Waals surface area contributed by atoms with Crippen LogP contribution in [0.5, 0.6) is 5.75 Å². The number of benzene rings is 1. The lowest BCUT2D eigenvalue weighted by atomic mass is 9.85. The Morgan fingerprint density at radius 2 is 1.86 bits per heavy atom. The number of rotatable bonds is 8. The van der Waals surface area contributed by atoms with Crippen LogP contribution in [-0.4, -0.2) is 76.9 Å². The van der Waals surface area contributed by atoms with E-state index in [9.17, 15) is 4.79 Å². The van der Waals surface area contributed by atoms with Crippen LogP contribution in [0.15, 0.2) is 54.5 Å². The van der Waals surface area contributed by atoms with Crippen LogP contribution in [0.25, 0.3) is 5.65 Å². The van der Waals surface area contributed by atoms with E-state index in [1.54, 1.807) is 13.1 Å². The molecule has 4 N–H and O–H groups in total. The smallest absolute Gasteiger partial charge is 0.320 e. The molecule has 1 aliphatic carbocycles. The summed E-state index contributed by atoms with van der Waals surface area (Å²) < 4.78 is 8.66. The molecule has 3 aromatic rings. The Bertz CT molecular complexity index is 1510. The molecule has 2 aliphatic rings. The summed E-state index contributed by atoms with van der Waals surface area (Å²) in [5.74, 6) is 2.17. The molecule has 11 nitrogen and oxygen atoms in total. The molecular weight excluding hydrogens is 542 g/mol. The van der Waals surface area contributed by atoms with Crippen molar-refractivity contribution in [3.8, 4) is 5.75 Å². The van der Waals surface area contributed by atoms with Gasteiger partial charge in [-0.15, -0.1) is 10.2 Å². The minimum Gasteiger partial charge on any atom is -0.484 e. The normalized spacial score (nSPS) is 22.8. The first-order valence-electron chi connectivity index (χ1n) is 15.0. The first-order chi connectivity index (χ1) is 20.4. The van der Waals surface area contributed by atoms with Crippen LogP contribution in [0.1, 0.15) is 75.2 Å². The Labute approximate surface area is 254 Å². The number of fused-ring (bicyclic) bond motifs is 2. The average molecular weight is 588 g/mol. The number of carbonyl (C=O) groups is 1. The lowest BCUT2D eigenvalue weighted by Gasteiger charge is -2.32. The standard InChI is InChI=1S/C32H45N9O2/c1-32(2,3)27(33)17-28(34-4)36-31(42)35-24-13-14-26(23-11-9-8-10-22(23)24)43-21-12-15-29-37-38-30(41(29)19-21)25-16-20(39(5)6)18-40(25)7/h8-12,15,17,19-20,24-26,33-34H,13-14,16,18H2,1-7H3,(H2,35,36,42)/b28-17+,33-27?/t20-,24-,25-,26+/m0/s1. The number of likely N-dealkylation sites (tertiary alicyclic amines) is 1. The van der Waals surface area contributed by atoms with Crippen molar-refractivity contribution in [2.24, 2.45) is 5.41 Å². The number of aromatic nitrogens is 3. The maximum absolute atomic E-state index is 13.0. The summed E-state index contributed by atoms with van der Waals surface area (Å²) in [6, 6.07) is 12.2. The van der Waals surface area contributed by atoms with Gasteiger partial charge in [-0.05, 0) is 69.7 Å². The van der Waals surface area contributed by atoms with E-state index in [1.165, 1.54) is 0 Å². The van der Waals surface area contributed by atoms with E-state index in [0.717, 1.165) is 54.2 Å². The van der Waals surface area contributed by atoms with Crippen LogP contribution in [0.4, 0.5) is 4.79 Å². The van der Waals surface area contributed by atoms with E-state index >= 15 is 0 Å². The second-order valence-electron chi connectivity index (χ2n) is 12.9. The van der Waals surface area contributed by atoms with Crippen LogP contribution in [0.3, 0.4) is 0 Å².